The van der Waals surface area contributed by atoms with Crippen LogP contribution in [0.4, 0.5) is 17.6 Å². The van der Waals surface area contributed by atoms with Crippen molar-refractivity contribution in [3.05, 3.63) is 59.4 Å². The van der Waals surface area contributed by atoms with Crippen molar-refractivity contribution in [1.82, 2.24) is 0 Å². The van der Waals surface area contributed by atoms with Crippen LogP contribution in [0.1, 0.15) is 11.1 Å². The van der Waals surface area contributed by atoms with Crippen LogP contribution in [0.5, 0.6) is 0 Å². The average Bonchev–Trinajstić information content (AvgIpc) is 2.36. The lowest BCUT2D eigenvalue weighted by atomic mass is 9.94. The topological polar surface area (TPSA) is 26.0 Å². The Balaban J connectivity index is 2.73. The molecule has 2 rings (SSSR count). The monoisotopic (exact) mass is 269 g/mol. The summed E-state index contributed by atoms with van der Waals surface area (Å²) in [6.45, 7) is -0.0459. The number of alkyl halides is 3. The van der Waals surface area contributed by atoms with Crippen molar-refractivity contribution in [2.45, 2.75) is 12.7 Å². The van der Waals surface area contributed by atoms with Crippen LogP contribution in [0.25, 0.3) is 11.1 Å². The van der Waals surface area contributed by atoms with Crippen molar-refractivity contribution < 1.29 is 17.6 Å². The Kier molecular flexibility index (Phi) is 3.57. The molecule has 0 aliphatic rings. The van der Waals surface area contributed by atoms with Crippen LogP contribution < -0.4 is 5.73 Å². The molecule has 1 nitrogen and oxygen atoms in total. The van der Waals surface area contributed by atoms with Gasteiger partial charge in [-0.25, -0.2) is 4.39 Å². The van der Waals surface area contributed by atoms with Gasteiger partial charge in [0.15, 0.2) is 0 Å². The van der Waals surface area contributed by atoms with Gasteiger partial charge in [0, 0.05) is 6.54 Å². The van der Waals surface area contributed by atoms with E-state index in [9.17, 15) is 17.6 Å². The molecule has 0 fully saturated rings. The van der Waals surface area contributed by atoms with E-state index >= 15 is 0 Å². The summed E-state index contributed by atoms with van der Waals surface area (Å²) in [5, 5.41) is 0. The molecule has 0 aliphatic heterocycles. The molecule has 0 heterocycles. The summed E-state index contributed by atoms with van der Waals surface area (Å²) >= 11 is 0. The number of hydrogen-bond donors (Lipinski definition) is 1. The highest BCUT2D eigenvalue weighted by Crippen LogP contribution is 2.39. The van der Waals surface area contributed by atoms with E-state index in [0.717, 1.165) is 12.1 Å². The quantitative estimate of drug-likeness (QED) is 0.820. The van der Waals surface area contributed by atoms with E-state index in [0.29, 0.717) is 5.56 Å². The minimum absolute atomic E-state index is 0.0459. The van der Waals surface area contributed by atoms with Gasteiger partial charge in [-0.15, -0.1) is 0 Å². The highest BCUT2D eigenvalue weighted by Gasteiger charge is 2.34. The fourth-order valence-corrected chi connectivity index (χ4v) is 1.99. The Labute approximate surface area is 107 Å². The first-order chi connectivity index (χ1) is 8.93. The first kappa shape index (κ1) is 13.5. The van der Waals surface area contributed by atoms with Crippen LogP contribution in [0.3, 0.4) is 0 Å². The molecule has 19 heavy (non-hydrogen) atoms. The summed E-state index contributed by atoms with van der Waals surface area (Å²) in [5.41, 5.74) is 5.12. The summed E-state index contributed by atoms with van der Waals surface area (Å²) in [7, 11) is 0. The van der Waals surface area contributed by atoms with Crippen molar-refractivity contribution in [1.29, 1.82) is 0 Å². The van der Waals surface area contributed by atoms with Gasteiger partial charge in [0.05, 0.1) is 5.56 Å². The highest BCUT2D eigenvalue weighted by molar-refractivity contribution is 5.71. The minimum Gasteiger partial charge on any atom is -0.326 e. The third-order valence-corrected chi connectivity index (χ3v) is 2.79. The molecule has 0 atom stereocenters. The van der Waals surface area contributed by atoms with Crippen molar-refractivity contribution in [3.63, 3.8) is 0 Å². The van der Waals surface area contributed by atoms with E-state index in [-0.39, 0.29) is 17.7 Å². The molecule has 0 unspecified atom stereocenters. The second-order valence-corrected chi connectivity index (χ2v) is 4.05. The molecule has 0 aromatic heterocycles. The van der Waals surface area contributed by atoms with Gasteiger partial charge in [-0.3, -0.25) is 0 Å². The predicted octanol–water partition coefficient (Wildman–Crippen LogP) is 3.97. The third-order valence-electron chi connectivity index (χ3n) is 2.79. The fraction of sp³-hybridized carbons (Fsp3) is 0.143. The second-order valence-electron chi connectivity index (χ2n) is 4.05. The number of benzene rings is 2. The van der Waals surface area contributed by atoms with E-state index in [1.807, 2.05) is 0 Å². The SMILES string of the molecule is NCc1cccc(C(F)(F)F)c1-c1cccc(F)c1. The first-order valence-corrected chi connectivity index (χ1v) is 5.58. The van der Waals surface area contributed by atoms with Crippen LogP contribution in [0.15, 0.2) is 42.5 Å². The molecule has 5 heteroatoms. The summed E-state index contributed by atoms with van der Waals surface area (Å²) < 4.78 is 52.3. The molecule has 2 aromatic rings. The van der Waals surface area contributed by atoms with Crippen LogP contribution in [0.2, 0.25) is 0 Å². The van der Waals surface area contributed by atoms with Gasteiger partial charge < -0.3 is 5.73 Å². The molecule has 0 amide bonds. The van der Waals surface area contributed by atoms with E-state index in [1.54, 1.807) is 0 Å². The summed E-state index contributed by atoms with van der Waals surface area (Å²) in [5.74, 6) is -0.586. The van der Waals surface area contributed by atoms with E-state index in [2.05, 4.69) is 0 Å². The number of halogens is 4. The number of nitrogens with two attached hydrogens (primary N) is 1. The van der Waals surface area contributed by atoms with Crippen molar-refractivity contribution in [3.8, 4) is 11.1 Å². The van der Waals surface area contributed by atoms with E-state index in [4.69, 9.17) is 5.73 Å². The van der Waals surface area contributed by atoms with Crippen molar-refractivity contribution in [2.24, 2.45) is 5.73 Å². The first-order valence-electron chi connectivity index (χ1n) is 5.58. The standard InChI is InChI=1S/C14H11F4N/c15-11-5-1-3-9(7-11)13-10(8-19)4-2-6-12(13)14(16,17)18/h1-7H,8,19H2. The van der Waals surface area contributed by atoms with Crippen LogP contribution in [-0.2, 0) is 12.7 Å². The second kappa shape index (κ2) is 5.01. The maximum atomic E-state index is 13.2. The van der Waals surface area contributed by atoms with Crippen molar-refractivity contribution in [2.75, 3.05) is 0 Å². The Bertz CT molecular complexity index is 590. The zero-order valence-electron chi connectivity index (χ0n) is 9.84. The smallest absolute Gasteiger partial charge is 0.326 e. The van der Waals surface area contributed by atoms with Gasteiger partial charge in [0.2, 0.25) is 0 Å². The number of rotatable bonds is 2. The Morgan fingerprint density at radius 1 is 1.00 bits per heavy atom. The highest BCUT2D eigenvalue weighted by atomic mass is 19.4. The minimum atomic E-state index is -4.51. The van der Waals surface area contributed by atoms with Crippen LogP contribution >= 0.6 is 0 Å². The summed E-state index contributed by atoms with van der Waals surface area (Å²) in [4.78, 5) is 0. The molecule has 0 aliphatic carbocycles. The molecule has 100 valence electrons. The molecule has 0 spiro atoms. The van der Waals surface area contributed by atoms with Crippen molar-refractivity contribution >= 4 is 0 Å². The molecule has 0 radical (unpaired) electrons. The molecule has 0 saturated carbocycles. The zero-order valence-corrected chi connectivity index (χ0v) is 9.84. The van der Waals surface area contributed by atoms with Gasteiger partial charge >= 0.3 is 6.18 Å². The lowest BCUT2D eigenvalue weighted by Gasteiger charge is -2.16. The lowest BCUT2D eigenvalue weighted by molar-refractivity contribution is -0.137. The van der Waals surface area contributed by atoms with E-state index in [1.165, 1.54) is 30.3 Å². The predicted molar refractivity (Wildman–Crippen MR) is 64.7 cm³/mol. The Hall–Kier alpha value is -1.88. The summed E-state index contributed by atoms with van der Waals surface area (Å²) in [6.07, 6.45) is -4.51. The third kappa shape index (κ3) is 2.76. The molecular formula is C14H11F4N. The summed E-state index contributed by atoms with van der Waals surface area (Å²) in [6, 6.07) is 8.85. The molecule has 0 saturated heterocycles. The maximum Gasteiger partial charge on any atom is 0.417 e. The fourth-order valence-electron chi connectivity index (χ4n) is 1.99. The Morgan fingerprint density at radius 3 is 2.26 bits per heavy atom. The van der Waals surface area contributed by atoms with Crippen LogP contribution in [0, 0.1) is 5.82 Å². The maximum absolute atomic E-state index is 13.2. The molecule has 2 aromatic carbocycles. The van der Waals surface area contributed by atoms with Gasteiger partial charge in [0.25, 0.3) is 0 Å². The largest absolute Gasteiger partial charge is 0.417 e. The molecule has 2 N–H and O–H groups in total. The number of hydrogen-bond acceptors (Lipinski definition) is 1. The Morgan fingerprint density at radius 2 is 1.68 bits per heavy atom. The average molecular weight is 269 g/mol. The molecule has 0 bridgehead atoms. The normalized spacial score (nSPS) is 11.6. The van der Waals surface area contributed by atoms with Gasteiger partial charge in [-0.05, 0) is 34.9 Å². The van der Waals surface area contributed by atoms with Gasteiger partial charge in [-0.1, -0.05) is 24.3 Å². The van der Waals surface area contributed by atoms with Crippen LogP contribution in [-0.4, -0.2) is 0 Å². The van der Waals surface area contributed by atoms with Gasteiger partial charge in [0.1, 0.15) is 5.82 Å². The lowest BCUT2D eigenvalue weighted by Crippen LogP contribution is -2.10. The zero-order chi connectivity index (χ0) is 14.0. The van der Waals surface area contributed by atoms with Gasteiger partial charge in [-0.2, -0.15) is 13.2 Å². The van der Waals surface area contributed by atoms with E-state index < -0.39 is 17.6 Å². The molecular weight excluding hydrogens is 258 g/mol.